The number of amides is 1. The maximum Gasteiger partial charge on any atom is 0.407 e. The summed E-state index contributed by atoms with van der Waals surface area (Å²) in [6.45, 7) is 7.01. The second kappa shape index (κ2) is 9.36. The van der Waals surface area contributed by atoms with Crippen molar-refractivity contribution >= 4 is 6.09 Å². The Morgan fingerprint density at radius 3 is 2.77 bits per heavy atom. The Labute approximate surface area is 80.8 Å². The van der Waals surface area contributed by atoms with Crippen LogP contribution >= 0.6 is 0 Å². The number of ether oxygens (including phenoxy) is 1. The van der Waals surface area contributed by atoms with E-state index in [0.29, 0.717) is 13.2 Å². The monoisotopic (exact) mass is 186 g/mol. The van der Waals surface area contributed by atoms with Gasteiger partial charge in [0.2, 0.25) is 0 Å². The van der Waals surface area contributed by atoms with Crippen LogP contribution in [0.5, 0.6) is 0 Å². The first-order chi connectivity index (χ1) is 6.31. The minimum Gasteiger partial charge on any atom is -0.450 e. The van der Waals surface area contributed by atoms with Crippen molar-refractivity contribution < 1.29 is 9.53 Å². The summed E-state index contributed by atoms with van der Waals surface area (Å²) < 4.78 is 4.91. The van der Waals surface area contributed by atoms with Gasteiger partial charge in [0.25, 0.3) is 0 Å². The number of nitrogens with one attached hydrogen (secondary N) is 1. The van der Waals surface area contributed by atoms with Gasteiger partial charge in [0.15, 0.2) is 0 Å². The fraction of sp³-hybridized carbons (Fsp3) is 0.800. The fourth-order valence-corrected chi connectivity index (χ4v) is 0.862. The zero-order valence-corrected chi connectivity index (χ0v) is 8.47. The van der Waals surface area contributed by atoms with Gasteiger partial charge in [-0.3, -0.25) is 0 Å². The number of alkyl carbamates (subject to hydrolysis) is 1. The van der Waals surface area contributed by atoms with Crippen molar-refractivity contribution in [3.05, 3.63) is 6.92 Å². The van der Waals surface area contributed by atoms with Crippen molar-refractivity contribution in [3.63, 3.8) is 0 Å². The number of unbranched alkanes of at least 4 members (excludes halogenated alkanes) is 3. The van der Waals surface area contributed by atoms with E-state index in [1.165, 1.54) is 0 Å². The highest BCUT2D eigenvalue weighted by Crippen LogP contribution is 1.94. The van der Waals surface area contributed by atoms with Crippen LogP contribution in [0, 0.1) is 6.92 Å². The molecule has 1 N–H and O–H groups in total. The van der Waals surface area contributed by atoms with E-state index < -0.39 is 0 Å². The van der Waals surface area contributed by atoms with E-state index in [9.17, 15) is 4.79 Å². The number of carbonyl (C=O) groups is 1. The normalized spacial score (nSPS) is 9.69. The first kappa shape index (κ1) is 12.3. The topological polar surface area (TPSA) is 38.3 Å². The Morgan fingerprint density at radius 1 is 1.38 bits per heavy atom. The van der Waals surface area contributed by atoms with Gasteiger partial charge in [-0.05, 0) is 12.8 Å². The van der Waals surface area contributed by atoms with E-state index in [0.717, 1.165) is 32.1 Å². The quantitative estimate of drug-likeness (QED) is 0.620. The van der Waals surface area contributed by atoms with Gasteiger partial charge in [0.05, 0.1) is 6.61 Å². The highest BCUT2D eigenvalue weighted by molar-refractivity contribution is 5.66. The minimum atomic E-state index is -0.294. The molecule has 0 aliphatic carbocycles. The Hall–Kier alpha value is -0.730. The lowest BCUT2D eigenvalue weighted by Crippen LogP contribution is -2.25. The third-order valence-corrected chi connectivity index (χ3v) is 1.68. The van der Waals surface area contributed by atoms with Gasteiger partial charge >= 0.3 is 6.09 Å². The van der Waals surface area contributed by atoms with Crippen molar-refractivity contribution in [1.82, 2.24) is 5.32 Å². The van der Waals surface area contributed by atoms with Crippen LogP contribution in [0.3, 0.4) is 0 Å². The van der Waals surface area contributed by atoms with Crippen LogP contribution in [0.2, 0.25) is 0 Å². The van der Waals surface area contributed by atoms with E-state index in [1.807, 2.05) is 0 Å². The van der Waals surface area contributed by atoms with E-state index in [-0.39, 0.29) is 6.09 Å². The number of carbonyl (C=O) groups excluding carboxylic acids is 1. The van der Waals surface area contributed by atoms with Crippen LogP contribution in [0.1, 0.15) is 39.0 Å². The van der Waals surface area contributed by atoms with Crippen molar-refractivity contribution in [2.24, 2.45) is 0 Å². The second-order valence-corrected chi connectivity index (χ2v) is 2.98. The van der Waals surface area contributed by atoms with Gasteiger partial charge in [-0.15, -0.1) is 0 Å². The molecule has 0 aromatic heterocycles. The van der Waals surface area contributed by atoms with E-state index in [1.54, 1.807) is 0 Å². The predicted molar refractivity (Wildman–Crippen MR) is 53.5 cm³/mol. The molecule has 1 amide bonds. The van der Waals surface area contributed by atoms with Crippen molar-refractivity contribution in [2.75, 3.05) is 13.2 Å². The maximum atomic E-state index is 10.9. The van der Waals surface area contributed by atoms with Gasteiger partial charge < -0.3 is 10.1 Å². The van der Waals surface area contributed by atoms with E-state index >= 15 is 0 Å². The van der Waals surface area contributed by atoms with E-state index in [2.05, 4.69) is 19.2 Å². The van der Waals surface area contributed by atoms with Gasteiger partial charge in [0, 0.05) is 6.54 Å². The SMILES string of the molecule is [CH2]CCCCOC(=O)NCCCC. The molecule has 0 aromatic rings. The van der Waals surface area contributed by atoms with Crippen LogP contribution in [0.15, 0.2) is 0 Å². The summed E-state index contributed by atoms with van der Waals surface area (Å²) in [5, 5.41) is 2.68. The molecule has 0 atom stereocenters. The van der Waals surface area contributed by atoms with Crippen LogP contribution in [-0.2, 0) is 4.74 Å². The van der Waals surface area contributed by atoms with Crippen molar-refractivity contribution in [2.45, 2.75) is 39.0 Å². The summed E-state index contributed by atoms with van der Waals surface area (Å²) in [7, 11) is 0. The lowest BCUT2D eigenvalue weighted by Gasteiger charge is -2.05. The largest absolute Gasteiger partial charge is 0.450 e. The van der Waals surface area contributed by atoms with Crippen molar-refractivity contribution in [3.8, 4) is 0 Å². The van der Waals surface area contributed by atoms with Crippen molar-refractivity contribution in [1.29, 1.82) is 0 Å². The van der Waals surface area contributed by atoms with Gasteiger partial charge in [-0.25, -0.2) is 4.79 Å². The molecule has 0 fully saturated rings. The second-order valence-electron chi connectivity index (χ2n) is 2.98. The Balaban J connectivity index is 3.11. The molecule has 0 saturated carbocycles. The molecular weight excluding hydrogens is 166 g/mol. The molecular formula is C10H20NO2. The minimum absolute atomic E-state index is 0.294. The first-order valence-corrected chi connectivity index (χ1v) is 5.01. The Kier molecular flexibility index (Phi) is 8.83. The molecule has 0 rings (SSSR count). The van der Waals surface area contributed by atoms with Gasteiger partial charge in [0.1, 0.15) is 0 Å². The zero-order chi connectivity index (χ0) is 9.94. The zero-order valence-electron chi connectivity index (χ0n) is 8.47. The van der Waals surface area contributed by atoms with Crippen LogP contribution in [-0.4, -0.2) is 19.2 Å². The summed E-state index contributed by atoms with van der Waals surface area (Å²) in [4.78, 5) is 10.9. The third kappa shape index (κ3) is 9.18. The molecule has 0 bridgehead atoms. The number of rotatable bonds is 7. The highest BCUT2D eigenvalue weighted by atomic mass is 16.5. The molecule has 0 aliphatic rings. The molecule has 0 aromatic carbocycles. The highest BCUT2D eigenvalue weighted by Gasteiger charge is 1.98. The lowest BCUT2D eigenvalue weighted by molar-refractivity contribution is 0.144. The molecule has 0 unspecified atom stereocenters. The van der Waals surface area contributed by atoms with Gasteiger partial charge in [-0.2, -0.15) is 0 Å². The van der Waals surface area contributed by atoms with Crippen LogP contribution in [0.25, 0.3) is 0 Å². The average Bonchev–Trinajstić information content (AvgIpc) is 2.13. The summed E-state index contributed by atoms with van der Waals surface area (Å²) in [5.74, 6) is 0. The molecule has 77 valence electrons. The molecule has 1 radical (unpaired) electrons. The number of hydrogen-bond acceptors (Lipinski definition) is 2. The molecule has 0 aliphatic heterocycles. The lowest BCUT2D eigenvalue weighted by atomic mass is 10.3. The van der Waals surface area contributed by atoms with Gasteiger partial charge in [-0.1, -0.05) is 33.1 Å². The van der Waals surface area contributed by atoms with Crippen LogP contribution < -0.4 is 5.32 Å². The summed E-state index contributed by atoms with van der Waals surface area (Å²) in [6.07, 6.45) is 4.63. The predicted octanol–water partition coefficient (Wildman–Crippen LogP) is 2.52. The Bertz CT molecular complexity index is 126. The molecule has 13 heavy (non-hydrogen) atoms. The van der Waals surface area contributed by atoms with E-state index in [4.69, 9.17) is 4.74 Å². The molecule has 0 saturated heterocycles. The maximum absolute atomic E-state index is 10.9. The number of hydrogen-bond donors (Lipinski definition) is 1. The summed E-state index contributed by atoms with van der Waals surface area (Å²) in [6, 6.07) is 0. The molecule has 3 heteroatoms. The molecule has 3 nitrogen and oxygen atoms in total. The smallest absolute Gasteiger partial charge is 0.407 e. The third-order valence-electron chi connectivity index (χ3n) is 1.68. The molecule has 0 spiro atoms. The Morgan fingerprint density at radius 2 is 2.15 bits per heavy atom. The molecule has 0 heterocycles. The summed E-state index contributed by atoms with van der Waals surface area (Å²) in [5.41, 5.74) is 0. The average molecular weight is 186 g/mol. The first-order valence-electron chi connectivity index (χ1n) is 5.01. The van der Waals surface area contributed by atoms with Crippen LogP contribution in [0.4, 0.5) is 4.79 Å². The standard InChI is InChI=1S/C10H20NO2/c1-3-5-7-9-13-10(12)11-8-6-4-2/h1,3-9H2,2H3,(H,11,12). The fourth-order valence-electron chi connectivity index (χ4n) is 0.862. The summed E-state index contributed by atoms with van der Waals surface area (Å²) >= 11 is 0.